The minimum absolute atomic E-state index is 0.206. The second-order valence-electron chi connectivity index (χ2n) is 2.47. The van der Waals surface area contributed by atoms with Crippen LogP contribution in [0, 0.1) is 0 Å². The molecule has 1 amide bonds. The van der Waals surface area contributed by atoms with Gasteiger partial charge < -0.3 is 15.5 Å². The van der Waals surface area contributed by atoms with Gasteiger partial charge in [0.15, 0.2) is 0 Å². The van der Waals surface area contributed by atoms with Crippen molar-refractivity contribution >= 4 is 23.6 Å². The van der Waals surface area contributed by atoms with E-state index in [4.69, 9.17) is 13.3 Å². The van der Waals surface area contributed by atoms with Gasteiger partial charge in [0.2, 0.25) is 5.91 Å². The molecule has 3 N–H and O–H groups in total. The molecule has 5 nitrogen and oxygen atoms in total. The van der Waals surface area contributed by atoms with Crippen LogP contribution in [0.25, 0.3) is 0 Å². The third kappa shape index (κ3) is 6.14. The lowest BCUT2D eigenvalue weighted by Crippen LogP contribution is -2.41. The number of hydrogen-bond donors (Lipinski definition) is 3. The summed E-state index contributed by atoms with van der Waals surface area (Å²) in [4.78, 5) is 21.8. The largest absolute Gasteiger partial charge is 0.480 e. The molecule has 0 saturated carbocycles. The number of aliphatic hydroxyl groups is 1. The van der Waals surface area contributed by atoms with Crippen molar-refractivity contribution in [3.63, 3.8) is 0 Å². The first kappa shape index (κ1) is 6.55. The minimum atomic E-state index is -3.29. The van der Waals surface area contributed by atoms with E-state index in [-0.39, 0.29) is 11.8 Å². The van der Waals surface area contributed by atoms with Gasteiger partial charge in [-0.1, -0.05) is 6.05 Å². The van der Waals surface area contributed by atoms with Crippen molar-refractivity contribution in [3.05, 3.63) is 12.6 Å². The number of hydrogen-bond acceptors (Lipinski definition) is 4. The molecule has 0 radical (unpaired) electrons. The molecule has 0 aliphatic rings. The molecule has 1 unspecified atom stereocenters. The molecule has 0 bridgehead atoms. The molecule has 0 heterocycles. The van der Waals surface area contributed by atoms with E-state index in [9.17, 15) is 14.7 Å². The third-order valence-electron chi connectivity index (χ3n) is 1.29. The van der Waals surface area contributed by atoms with E-state index in [0.717, 1.165) is 6.92 Å². The summed E-state index contributed by atoms with van der Waals surface area (Å²) in [6.07, 6.45) is 0. The maximum absolute atomic E-state index is 10.9. The van der Waals surface area contributed by atoms with Gasteiger partial charge in [-0.2, -0.15) is 0 Å². The summed E-state index contributed by atoms with van der Waals surface area (Å²) in [5.74, 6) is -2.63. The zero-order valence-corrected chi connectivity index (χ0v) is 8.72. The number of rotatable bonds is 7. The van der Waals surface area contributed by atoms with Gasteiger partial charge >= 0.3 is 5.97 Å². The monoisotopic (exact) mass is 239 g/mol. The maximum Gasteiger partial charge on any atom is 0.327 e. The SMILES string of the molecule is [2H]C([2H])=C([2H])C([2H])(SC[C@@H](NC(C)=O)C(=O)O)C([2H])([2H])O. The molecule has 0 fully saturated rings. The average molecular weight is 239 g/mol. The highest BCUT2D eigenvalue weighted by Crippen LogP contribution is 2.12. The van der Waals surface area contributed by atoms with Gasteiger partial charge in [-0.25, -0.2) is 4.79 Å². The number of thioether (sulfide) groups is 1. The molecule has 2 atom stereocenters. The standard InChI is InChI=1S/C9H15NO4S/c1-3-7(4-11)15-5-8(9(13)14)10-6(2)12/h3,7-8,11H,1,4-5H2,2H3,(H,10,12)(H,13,14)/t7?,8-/m1/s1/i1D2,3D,4D2,7D. The van der Waals surface area contributed by atoms with Gasteiger partial charge in [0.05, 0.1) is 13.4 Å². The van der Waals surface area contributed by atoms with E-state index in [1.807, 2.05) is 0 Å². The summed E-state index contributed by atoms with van der Waals surface area (Å²) in [6.45, 7) is -3.40. The Morgan fingerprint density at radius 3 is 3.00 bits per heavy atom. The molecular formula is C9H15NO4S. The zero-order chi connectivity index (χ0) is 17.0. The van der Waals surface area contributed by atoms with Crippen molar-refractivity contribution in [2.45, 2.75) is 18.2 Å². The van der Waals surface area contributed by atoms with Crippen molar-refractivity contribution in [1.29, 1.82) is 0 Å². The molecule has 0 aromatic rings. The Morgan fingerprint density at radius 2 is 2.60 bits per heavy atom. The predicted molar refractivity (Wildman–Crippen MR) is 58.8 cm³/mol. The predicted octanol–water partition coefficient (Wildman–Crippen LogP) is -0.144. The molecule has 86 valence electrons. The lowest BCUT2D eigenvalue weighted by atomic mass is 10.3. The van der Waals surface area contributed by atoms with Crippen molar-refractivity contribution in [2.75, 3.05) is 12.3 Å². The van der Waals surface area contributed by atoms with Crippen molar-refractivity contribution in [2.24, 2.45) is 0 Å². The molecule has 0 aliphatic heterocycles. The molecule has 0 spiro atoms. The normalized spacial score (nSPS) is 22.5. The lowest BCUT2D eigenvalue weighted by molar-refractivity contribution is -0.140. The molecule has 0 rings (SSSR count). The Hall–Kier alpha value is -1.01. The number of aliphatic carboxylic acids is 1. The summed E-state index contributed by atoms with van der Waals surface area (Å²) in [7, 11) is 0. The van der Waals surface area contributed by atoms with E-state index in [0.29, 0.717) is 0 Å². The summed E-state index contributed by atoms with van der Waals surface area (Å²) in [5.41, 5.74) is 0. The first-order valence-electron chi connectivity index (χ1n) is 6.83. The van der Waals surface area contributed by atoms with E-state index in [1.165, 1.54) is 0 Å². The van der Waals surface area contributed by atoms with Crippen LogP contribution in [-0.4, -0.2) is 45.7 Å². The highest BCUT2D eigenvalue weighted by molar-refractivity contribution is 8.00. The van der Waals surface area contributed by atoms with Crippen molar-refractivity contribution in [3.8, 4) is 0 Å². The first-order chi connectivity index (χ1) is 9.33. The van der Waals surface area contributed by atoms with Gasteiger partial charge in [0.1, 0.15) is 6.04 Å². The first-order valence-corrected chi connectivity index (χ1v) is 4.82. The summed E-state index contributed by atoms with van der Waals surface area (Å²) >= 11 is 0.206. The van der Waals surface area contributed by atoms with Gasteiger partial charge in [0, 0.05) is 19.3 Å². The van der Waals surface area contributed by atoms with Gasteiger partial charge in [-0.15, -0.1) is 18.3 Å². The third-order valence-corrected chi connectivity index (χ3v) is 2.27. The van der Waals surface area contributed by atoms with E-state index in [2.05, 4.69) is 5.32 Å². The Bertz CT molecular complexity index is 450. The molecule has 0 saturated heterocycles. The fourth-order valence-electron chi connectivity index (χ4n) is 0.683. The second-order valence-corrected chi connectivity index (χ2v) is 3.50. The topological polar surface area (TPSA) is 86.6 Å². The van der Waals surface area contributed by atoms with Crippen LogP contribution in [0.4, 0.5) is 0 Å². The Labute approximate surface area is 101 Å². The Kier molecular flexibility index (Phi) is 3.19. The average Bonchev–Trinajstić information content (AvgIpc) is 2.30. The highest BCUT2D eigenvalue weighted by Gasteiger charge is 2.19. The van der Waals surface area contributed by atoms with Crippen LogP contribution in [0.15, 0.2) is 12.6 Å². The number of carbonyl (C=O) groups is 2. The summed E-state index contributed by atoms with van der Waals surface area (Å²) in [5, 5.41) is 17.5. The van der Waals surface area contributed by atoms with Crippen LogP contribution >= 0.6 is 11.8 Å². The zero-order valence-electron chi connectivity index (χ0n) is 13.9. The van der Waals surface area contributed by atoms with Crippen LogP contribution in [0.5, 0.6) is 0 Å². The van der Waals surface area contributed by atoms with Crippen molar-refractivity contribution in [1.82, 2.24) is 5.32 Å². The number of amides is 1. The van der Waals surface area contributed by atoms with E-state index >= 15 is 0 Å². The molecule has 6 heteroatoms. The lowest BCUT2D eigenvalue weighted by Gasteiger charge is -2.15. The van der Waals surface area contributed by atoms with Crippen LogP contribution < -0.4 is 5.32 Å². The van der Waals surface area contributed by atoms with Crippen LogP contribution in [0.1, 0.15) is 15.1 Å². The molecule has 0 aromatic carbocycles. The molecular weight excluding hydrogens is 218 g/mol. The molecule has 15 heavy (non-hydrogen) atoms. The van der Waals surface area contributed by atoms with Crippen LogP contribution in [-0.2, 0) is 9.59 Å². The fourth-order valence-corrected chi connectivity index (χ4v) is 1.38. The number of nitrogens with one attached hydrogen (secondary N) is 1. The highest BCUT2D eigenvalue weighted by atomic mass is 32.2. The second kappa shape index (κ2) is 7.30. The maximum atomic E-state index is 10.9. The number of carboxylic acid groups (broad SMARTS) is 1. The van der Waals surface area contributed by atoms with Gasteiger partial charge in [-0.05, 0) is 0 Å². The van der Waals surface area contributed by atoms with Gasteiger partial charge in [-0.3, -0.25) is 4.79 Å². The van der Waals surface area contributed by atoms with Crippen LogP contribution in [0.3, 0.4) is 0 Å². The quantitative estimate of drug-likeness (QED) is 0.538. The van der Waals surface area contributed by atoms with Gasteiger partial charge in [0.25, 0.3) is 0 Å². The smallest absolute Gasteiger partial charge is 0.327 e. The van der Waals surface area contributed by atoms with Crippen molar-refractivity contribution < 1.29 is 28.0 Å². The number of carbonyl (C=O) groups excluding carboxylic acids is 1. The number of carboxylic acids is 1. The molecule has 0 aliphatic carbocycles. The molecule has 0 aromatic heterocycles. The Morgan fingerprint density at radius 1 is 1.93 bits per heavy atom. The van der Waals surface area contributed by atoms with E-state index in [1.54, 1.807) is 0 Å². The summed E-state index contributed by atoms with van der Waals surface area (Å²) < 4.78 is 43.4. The van der Waals surface area contributed by atoms with E-state index < -0.39 is 48.0 Å². The van der Waals surface area contributed by atoms with Crippen LogP contribution in [0.2, 0.25) is 0 Å². The Balaban J connectivity index is 5.31. The fraction of sp³-hybridized carbons (Fsp3) is 0.556. The summed E-state index contributed by atoms with van der Waals surface area (Å²) in [6, 6.07) is -2.58. The minimum Gasteiger partial charge on any atom is -0.480 e.